The number of rotatable bonds is 4. The topological polar surface area (TPSA) is 61.0 Å². The fraction of sp³-hybridized carbons (Fsp3) is 0.286. The highest BCUT2D eigenvalue weighted by molar-refractivity contribution is 5.60. The maximum atomic E-state index is 5.64. The normalized spacial score (nSPS) is 12.2. The summed E-state index contributed by atoms with van der Waals surface area (Å²) >= 11 is 0. The fourth-order valence-electron chi connectivity index (χ4n) is 1.66. The van der Waals surface area contributed by atoms with Crippen LogP contribution in [0, 0.1) is 0 Å². The van der Waals surface area contributed by atoms with Crippen LogP contribution >= 0.6 is 0 Å². The molecule has 2 aromatic rings. The van der Waals surface area contributed by atoms with Gasteiger partial charge < -0.3 is 10.5 Å². The molecule has 4 heteroatoms. The summed E-state index contributed by atoms with van der Waals surface area (Å²) < 4.78 is 5.21. The van der Waals surface area contributed by atoms with E-state index in [9.17, 15) is 0 Å². The van der Waals surface area contributed by atoms with Crippen LogP contribution < -0.4 is 10.5 Å². The summed E-state index contributed by atoms with van der Waals surface area (Å²) in [5.41, 5.74) is 7.54. The Balaban J connectivity index is 2.38. The highest BCUT2D eigenvalue weighted by Crippen LogP contribution is 2.22. The minimum atomic E-state index is 0.163. The smallest absolute Gasteiger partial charge is 0.133 e. The predicted octanol–water partition coefficient (Wildman–Crippen LogP) is 2.21. The minimum absolute atomic E-state index is 0.163. The second-order valence-corrected chi connectivity index (χ2v) is 4.17. The van der Waals surface area contributed by atoms with E-state index < -0.39 is 0 Å². The number of nitrogens with two attached hydrogens (primary N) is 1. The summed E-state index contributed by atoms with van der Waals surface area (Å²) in [5.74, 6) is 1.76. The minimum Gasteiger partial charge on any atom is -0.497 e. The average Bonchev–Trinajstić information content (AvgIpc) is 2.46. The molecule has 0 fully saturated rings. The number of methoxy groups -OCH3 is 1. The van der Waals surface area contributed by atoms with Crippen LogP contribution in [0.4, 0.5) is 0 Å². The van der Waals surface area contributed by atoms with Crippen molar-refractivity contribution in [2.75, 3.05) is 13.7 Å². The van der Waals surface area contributed by atoms with Crippen LogP contribution in [0.5, 0.6) is 5.75 Å². The van der Waals surface area contributed by atoms with Gasteiger partial charge >= 0.3 is 0 Å². The zero-order valence-corrected chi connectivity index (χ0v) is 10.6. The van der Waals surface area contributed by atoms with E-state index >= 15 is 0 Å². The summed E-state index contributed by atoms with van der Waals surface area (Å²) in [4.78, 5) is 8.80. The molecule has 18 heavy (non-hydrogen) atoms. The Kier molecular flexibility index (Phi) is 3.89. The Bertz CT molecular complexity index is 528. The first-order chi connectivity index (χ1) is 8.74. The van der Waals surface area contributed by atoms with Gasteiger partial charge in [0.05, 0.1) is 12.8 Å². The molecular formula is C14H17N3O. The van der Waals surface area contributed by atoms with E-state index in [4.69, 9.17) is 10.5 Å². The van der Waals surface area contributed by atoms with Gasteiger partial charge in [-0.25, -0.2) is 9.97 Å². The lowest BCUT2D eigenvalue weighted by Crippen LogP contribution is -2.12. The number of hydrogen-bond acceptors (Lipinski definition) is 4. The van der Waals surface area contributed by atoms with Crippen molar-refractivity contribution in [1.82, 2.24) is 9.97 Å². The Morgan fingerprint density at radius 3 is 2.89 bits per heavy atom. The number of nitrogens with zero attached hydrogens (tertiary/aromatic N) is 2. The van der Waals surface area contributed by atoms with E-state index in [1.54, 1.807) is 13.3 Å². The molecule has 1 aromatic heterocycles. The van der Waals surface area contributed by atoms with Gasteiger partial charge in [-0.3, -0.25) is 0 Å². The van der Waals surface area contributed by atoms with Crippen molar-refractivity contribution in [3.8, 4) is 17.0 Å². The summed E-state index contributed by atoms with van der Waals surface area (Å²) in [7, 11) is 1.65. The molecule has 0 bridgehead atoms. The van der Waals surface area contributed by atoms with Gasteiger partial charge in [-0.05, 0) is 18.2 Å². The maximum absolute atomic E-state index is 5.64. The maximum Gasteiger partial charge on any atom is 0.133 e. The van der Waals surface area contributed by atoms with Crippen molar-refractivity contribution in [2.24, 2.45) is 5.73 Å². The van der Waals surface area contributed by atoms with Gasteiger partial charge in [0.2, 0.25) is 0 Å². The van der Waals surface area contributed by atoms with Crippen LogP contribution in [0.1, 0.15) is 18.7 Å². The van der Waals surface area contributed by atoms with Gasteiger partial charge in [-0.2, -0.15) is 0 Å². The molecule has 0 saturated heterocycles. The van der Waals surface area contributed by atoms with Crippen LogP contribution in [0.25, 0.3) is 11.3 Å². The number of hydrogen-bond donors (Lipinski definition) is 1. The summed E-state index contributed by atoms with van der Waals surface area (Å²) in [5, 5.41) is 0. The van der Waals surface area contributed by atoms with Crippen LogP contribution in [0.2, 0.25) is 0 Å². The van der Waals surface area contributed by atoms with Crippen molar-refractivity contribution < 1.29 is 4.74 Å². The third kappa shape index (κ3) is 2.65. The van der Waals surface area contributed by atoms with E-state index in [1.807, 2.05) is 37.3 Å². The number of benzene rings is 1. The van der Waals surface area contributed by atoms with Gasteiger partial charge in [0.25, 0.3) is 0 Å². The van der Waals surface area contributed by atoms with Crippen molar-refractivity contribution >= 4 is 0 Å². The molecule has 0 aliphatic carbocycles. The van der Waals surface area contributed by atoms with Crippen molar-refractivity contribution in [2.45, 2.75) is 12.8 Å². The lowest BCUT2D eigenvalue weighted by molar-refractivity contribution is 0.415. The fourth-order valence-corrected chi connectivity index (χ4v) is 1.66. The van der Waals surface area contributed by atoms with Crippen LogP contribution in [-0.4, -0.2) is 23.6 Å². The Labute approximate surface area is 107 Å². The van der Waals surface area contributed by atoms with Crippen LogP contribution in [0.3, 0.4) is 0 Å². The Hall–Kier alpha value is -1.94. The number of aromatic nitrogens is 2. The molecule has 0 amide bonds. The third-order valence-electron chi connectivity index (χ3n) is 2.83. The molecule has 2 N–H and O–H groups in total. The lowest BCUT2D eigenvalue weighted by atomic mass is 10.1. The Morgan fingerprint density at radius 1 is 1.33 bits per heavy atom. The molecule has 1 heterocycles. The van der Waals surface area contributed by atoms with Gasteiger partial charge in [-0.1, -0.05) is 19.1 Å². The SMILES string of the molecule is COc1cccc(-c2ccnc(C(C)CN)n2)c1. The molecule has 2 rings (SSSR count). The zero-order chi connectivity index (χ0) is 13.0. The second-order valence-electron chi connectivity index (χ2n) is 4.17. The largest absolute Gasteiger partial charge is 0.497 e. The van der Waals surface area contributed by atoms with Gasteiger partial charge in [0.15, 0.2) is 0 Å². The predicted molar refractivity (Wildman–Crippen MR) is 71.5 cm³/mol. The molecule has 1 unspecified atom stereocenters. The van der Waals surface area contributed by atoms with E-state index in [-0.39, 0.29) is 5.92 Å². The van der Waals surface area contributed by atoms with Crippen LogP contribution in [-0.2, 0) is 0 Å². The number of ether oxygens (including phenoxy) is 1. The molecule has 0 saturated carbocycles. The summed E-state index contributed by atoms with van der Waals surface area (Å²) in [6.45, 7) is 2.56. The van der Waals surface area contributed by atoms with Gasteiger partial charge in [0.1, 0.15) is 11.6 Å². The van der Waals surface area contributed by atoms with E-state index in [0.29, 0.717) is 6.54 Å². The molecule has 1 atom stereocenters. The molecule has 94 valence electrons. The molecule has 0 spiro atoms. The first-order valence-corrected chi connectivity index (χ1v) is 5.92. The molecular weight excluding hydrogens is 226 g/mol. The second kappa shape index (κ2) is 5.60. The van der Waals surface area contributed by atoms with Crippen molar-refractivity contribution in [3.05, 3.63) is 42.4 Å². The van der Waals surface area contributed by atoms with E-state index in [2.05, 4.69) is 9.97 Å². The molecule has 1 aromatic carbocycles. The average molecular weight is 243 g/mol. The molecule has 0 radical (unpaired) electrons. The van der Waals surface area contributed by atoms with Gasteiger partial charge in [-0.15, -0.1) is 0 Å². The first kappa shape index (κ1) is 12.5. The zero-order valence-electron chi connectivity index (χ0n) is 10.6. The molecule has 4 nitrogen and oxygen atoms in total. The lowest BCUT2D eigenvalue weighted by Gasteiger charge is -2.09. The van der Waals surface area contributed by atoms with Crippen molar-refractivity contribution in [1.29, 1.82) is 0 Å². The van der Waals surface area contributed by atoms with Crippen LogP contribution in [0.15, 0.2) is 36.5 Å². The monoisotopic (exact) mass is 243 g/mol. The molecule has 0 aliphatic heterocycles. The summed E-state index contributed by atoms with van der Waals surface area (Å²) in [6.07, 6.45) is 1.77. The first-order valence-electron chi connectivity index (χ1n) is 5.92. The third-order valence-corrected chi connectivity index (χ3v) is 2.83. The quantitative estimate of drug-likeness (QED) is 0.894. The standard InChI is InChI=1S/C14H17N3O/c1-10(9-15)14-16-7-6-13(17-14)11-4-3-5-12(8-11)18-2/h3-8,10H,9,15H2,1-2H3. The van der Waals surface area contributed by atoms with Crippen molar-refractivity contribution in [3.63, 3.8) is 0 Å². The van der Waals surface area contributed by atoms with E-state index in [0.717, 1.165) is 22.8 Å². The highest BCUT2D eigenvalue weighted by Gasteiger charge is 2.08. The van der Waals surface area contributed by atoms with E-state index in [1.165, 1.54) is 0 Å². The Morgan fingerprint density at radius 2 is 2.17 bits per heavy atom. The highest BCUT2D eigenvalue weighted by atomic mass is 16.5. The summed E-state index contributed by atoms with van der Waals surface area (Å²) in [6, 6.07) is 9.71. The molecule has 0 aliphatic rings. The van der Waals surface area contributed by atoms with Gasteiger partial charge in [0, 0.05) is 24.2 Å².